The Morgan fingerprint density at radius 3 is 2.76 bits per heavy atom. The number of halogens is 2. The van der Waals surface area contributed by atoms with Gasteiger partial charge in [-0.3, -0.25) is 4.57 Å². The van der Waals surface area contributed by atoms with E-state index in [9.17, 15) is 4.39 Å². The van der Waals surface area contributed by atoms with Gasteiger partial charge >= 0.3 is 0 Å². The fraction of sp³-hybridized carbons (Fsp3) is 0.286. The molecule has 0 aliphatic rings. The Bertz CT molecular complexity index is 800. The molecule has 2 aromatic heterocycles. The molecular weight excluding hydrogens is 293 g/mol. The highest BCUT2D eigenvalue weighted by Crippen LogP contribution is 2.27. The first kappa shape index (κ1) is 13.9. The molecule has 0 aliphatic heterocycles. The first-order valence-corrected chi connectivity index (χ1v) is 7.05. The van der Waals surface area contributed by atoms with Crippen LogP contribution in [0.4, 0.5) is 10.3 Å². The van der Waals surface area contributed by atoms with Crippen LogP contribution in [0.3, 0.4) is 0 Å². The van der Waals surface area contributed by atoms with Gasteiger partial charge in [0.05, 0.1) is 11.4 Å². The van der Waals surface area contributed by atoms with Gasteiger partial charge < -0.3 is 5.73 Å². The molecule has 0 radical (unpaired) electrons. The molecule has 0 spiro atoms. The summed E-state index contributed by atoms with van der Waals surface area (Å²) in [6.07, 6.45) is 1.78. The number of fused-ring (bicyclic) bond motifs is 1. The zero-order valence-electron chi connectivity index (χ0n) is 11.8. The molecule has 0 saturated heterocycles. The molecule has 3 aromatic rings. The largest absolute Gasteiger partial charge is 0.369 e. The molecule has 0 bridgehead atoms. The quantitative estimate of drug-likeness (QED) is 0.809. The van der Waals surface area contributed by atoms with Crippen molar-refractivity contribution >= 4 is 28.7 Å². The predicted molar refractivity (Wildman–Crippen MR) is 81.2 cm³/mol. The second-order valence-corrected chi connectivity index (χ2v) is 5.36. The van der Waals surface area contributed by atoms with Gasteiger partial charge in [-0.25, -0.2) is 14.1 Å². The van der Waals surface area contributed by atoms with E-state index in [1.165, 1.54) is 12.1 Å². The maximum atomic E-state index is 13.6. The smallest absolute Gasteiger partial charge is 0.207 e. The molecule has 0 amide bonds. The molecular formula is C14H15ClFN5. The fourth-order valence-corrected chi connectivity index (χ4v) is 2.74. The summed E-state index contributed by atoms with van der Waals surface area (Å²) in [4.78, 5) is 4.38. The Morgan fingerprint density at radius 2 is 2.10 bits per heavy atom. The lowest BCUT2D eigenvalue weighted by molar-refractivity contribution is 0.626. The fourth-order valence-electron chi connectivity index (χ4n) is 2.52. The normalized spacial score (nSPS) is 11.4. The Balaban J connectivity index is 2.29. The summed E-state index contributed by atoms with van der Waals surface area (Å²) in [5, 5.41) is 4.77. The van der Waals surface area contributed by atoms with Crippen LogP contribution in [0, 0.1) is 5.82 Å². The number of nitrogens with zero attached hydrogens (tertiary/aromatic N) is 4. The summed E-state index contributed by atoms with van der Waals surface area (Å²) >= 11 is 5.93. The first-order valence-electron chi connectivity index (χ1n) is 6.67. The lowest BCUT2D eigenvalue weighted by Crippen LogP contribution is -2.05. The van der Waals surface area contributed by atoms with E-state index < -0.39 is 5.82 Å². The lowest BCUT2D eigenvalue weighted by Gasteiger charge is -2.07. The topological polar surface area (TPSA) is 61.7 Å². The van der Waals surface area contributed by atoms with E-state index in [1.807, 2.05) is 7.05 Å². The van der Waals surface area contributed by atoms with Crippen LogP contribution in [-0.4, -0.2) is 19.3 Å². The highest BCUT2D eigenvalue weighted by Gasteiger charge is 2.19. The summed E-state index contributed by atoms with van der Waals surface area (Å²) in [5.41, 5.74) is 8.92. The van der Waals surface area contributed by atoms with Crippen LogP contribution in [-0.2, 0) is 13.5 Å². The van der Waals surface area contributed by atoms with Crippen molar-refractivity contribution in [3.63, 3.8) is 0 Å². The van der Waals surface area contributed by atoms with E-state index in [0.717, 1.165) is 29.7 Å². The number of hydrogen-bond acceptors (Lipinski definition) is 3. The molecule has 0 fully saturated rings. The summed E-state index contributed by atoms with van der Waals surface area (Å²) in [6.45, 7) is 2.08. The standard InChI is InChI=1S/C14H15ClFN5/c1-3-4-11-12-13(20(2)19-11)21(14(17)18-12)10-6-8(15)5-9(16)7-10/h5-7H,3-4H2,1-2H3,(H2,17,18). The van der Waals surface area contributed by atoms with Gasteiger partial charge in [-0.05, 0) is 24.6 Å². The summed E-state index contributed by atoms with van der Waals surface area (Å²) < 4.78 is 17.0. The Kier molecular flexibility index (Phi) is 3.33. The molecule has 0 aliphatic carbocycles. The highest BCUT2D eigenvalue weighted by molar-refractivity contribution is 6.30. The lowest BCUT2D eigenvalue weighted by atomic mass is 10.2. The number of hydrogen-bond donors (Lipinski definition) is 1. The number of imidazole rings is 1. The Labute approximate surface area is 126 Å². The maximum Gasteiger partial charge on any atom is 0.207 e. The Hall–Kier alpha value is -2.08. The predicted octanol–water partition coefficient (Wildman–Crippen LogP) is 3.09. The van der Waals surface area contributed by atoms with Crippen molar-refractivity contribution in [2.45, 2.75) is 19.8 Å². The van der Waals surface area contributed by atoms with E-state index in [4.69, 9.17) is 17.3 Å². The van der Waals surface area contributed by atoms with Crippen LogP contribution in [0.5, 0.6) is 0 Å². The number of aromatic nitrogens is 4. The summed E-state index contributed by atoms with van der Waals surface area (Å²) in [7, 11) is 1.82. The van der Waals surface area contributed by atoms with Crippen LogP contribution in [0.25, 0.3) is 16.9 Å². The average molecular weight is 308 g/mol. The van der Waals surface area contributed by atoms with Gasteiger partial charge in [0.15, 0.2) is 5.65 Å². The van der Waals surface area contributed by atoms with Crippen molar-refractivity contribution in [3.8, 4) is 5.69 Å². The summed E-state index contributed by atoms with van der Waals surface area (Å²) in [6, 6.07) is 4.27. The number of nitrogens with two attached hydrogens (primary N) is 1. The molecule has 7 heteroatoms. The minimum atomic E-state index is -0.422. The van der Waals surface area contributed by atoms with Gasteiger partial charge in [0.1, 0.15) is 11.3 Å². The van der Waals surface area contributed by atoms with E-state index >= 15 is 0 Å². The zero-order valence-corrected chi connectivity index (χ0v) is 12.5. The summed E-state index contributed by atoms with van der Waals surface area (Å²) in [5.74, 6) is -0.133. The number of rotatable bonds is 3. The molecule has 0 saturated carbocycles. The molecule has 3 rings (SSSR count). The van der Waals surface area contributed by atoms with Gasteiger partial charge in [0.25, 0.3) is 0 Å². The minimum absolute atomic E-state index is 0.289. The van der Waals surface area contributed by atoms with Crippen molar-refractivity contribution < 1.29 is 4.39 Å². The maximum absolute atomic E-state index is 13.6. The second kappa shape index (κ2) is 5.04. The van der Waals surface area contributed by atoms with Gasteiger partial charge in [0.2, 0.25) is 5.95 Å². The third-order valence-electron chi connectivity index (χ3n) is 3.32. The molecule has 2 heterocycles. The van der Waals surface area contributed by atoms with Crippen molar-refractivity contribution in [1.82, 2.24) is 19.3 Å². The van der Waals surface area contributed by atoms with Crippen molar-refractivity contribution in [1.29, 1.82) is 0 Å². The number of anilines is 1. The van der Waals surface area contributed by atoms with Crippen molar-refractivity contribution in [2.24, 2.45) is 7.05 Å². The Morgan fingerprint density at radius 1 is 1.33 bits per heavy atom. The average Bonchev–Trinajstić information content (AvgIpc) is 2.87. The van der Waals surface area contributed by atoms with Gasteiger partial charge in [-0.15, -0.1) is 0 Å². The van der Waals surface area contributed by atoms with E-state index in [2.05, 4.69) is 17.0 Å². The van der Waals surface area contributed by atoms with E-state index in [0.29, 0.717) is 10.7 Å². The van der Waals surface area contributed by atoms with Gasteiger partial charge in [-0.1, -0.05) is 24.9 Å². The molecule has 110 valence electrons. The first-order chi connectivity index (χ1) is 10.0. The van der Waals surface area contributed by atoms with Gasteiger partial charge in [0, 0.05) is 12.1 Å². The van der Waals surface area contributed by atoms with Crippen molar-refractivity contribution in [3.05, 3.63) is 34.7 Å². The minimum Gasteiger partial charge on any atom is -0.369 e. The molecule has 2 N–H and O–H groups in total. The number of aryl methyl sites for hydroxylation is 2. The second-order valence-electron chi connectivity index (χ2n) is 4.93. The highest BCUT2D eigenvalue weighted by atomic mass is 35.5. The zero-order chi connectivity index (χ0) is 15.1. The molecule has 5 nitrogen and oxygen atoms in total. The molecule has 0 atom stereocenters. The van der Waals surface area contributed by atoms with Crippen LogP contribution in [0.1, 0.15) is 19.0 Å². The van der Waals surface area contributed by atoms with E-state index in [-0.39, 0.29) is 5.95 Å². The van der Waals surface area contributed by atoms with Crippen LogP contribution >= 0.6 is 11.6 Å². The SMILES string of the molecule is CCCc1nn(C)c2c1nc(N)n2-c1cc(F)cc(Cl)c1. The molecule has 0 unspecified atom stereocenters. The molecule has 21 heavy (non-hydrogen) atoms. The van der Waals surface area contributed by atoms with Gasteiger partial charge in [-0.2, -0.15) is 5.10 Å². The third kappa shape index (κ3) is 2.25. The number of nitrogen functional groups attached to an aromatic ring is 1. The monoisotopic (exact) mass is 307 g/mol. The van der Waals surface area contributed by atoms with Crippen LogP contribution in [0.15, 0.2) is 18.2 Å². The number of benzene rings is 1. The third-order valence-corrected chi connectivity index (χ3v) is 3.54. The van der Waals surface area contributed by atoms with Crippen molar-refractivity contribution in [2.75, 3.05) is 5.73 Å². The van der Waals surface area contributed by atoms with E-state index in [1.54, 1.807) is 15.3 Å². The van der Waals surface area contributed by atoms with Crippen LogP contribution in [0.2, 0.25) is 5.02 Å². The van der Waals surface area contributed by atoms with Crippen LogP contribution < -0.4 is 5.73 Å². The molecule has 1 aromatic carbocycles.